The highest BCUT2D eigenvalue weighted by Crippen LogP contribution is 2.14. The summed E-state index contributed by atoms with van der Waals surface area (Å²) in [6, 6.07) is 12.6. The number of anilines is 1. The molecule has 4 heteroatoms. The molecule has 0 amide bonds. The van der Waals surface area contributed by atoms with Crippen LogP contribution in [0.25, 0.3) is 0 Å². The summed E-state index contributed by atoms with van der Waals surface area (Å²) in [6.45, 7) is 7.43. The van der Waals surface area contributed by atoms with Crippen LogP contribution in [-0.4, -0.2) is 31.2 Å². The molecule has 0 spiro atoms. The van der Waals surface area contributed by atoms with Gasteiger partial charge in [-0.05, 0) is 36.8 Å². The van der Waals surface area contributed by atoms with Crippen LogP contribution < -0.4 is 5.32 Å². The number of nitrogens with zero attached hydrogens (tertiary/aromatic N) is 1. The third kappa shape index (κ3) is 4.09. The summed E-state index contributed by atoms with van der Waals surface area (Å²) in [5, 5.41) is 3.38. The molecule has 1 aromatic heterocycles. The van der Waals surface area contributed by atoms with Crippen molar-refractivity contribution < 1.29 is 9.15 Å². The molecule has 0 atom stereocenters. The first-order chi connectivity index (χ1) is 10.3. The summed E-state index contributed by atoms with van der Waals surface area (Å²) in [5.74, 6) is 1.91. The molecule has 112 valence electrons. The van der Waals surface area contributed by atoms with E-state index >= 15 is 0 Å². The van der Waals surface area contributed by atoms with Gasteiger partial charge in [-0.2, -0.15) is 0 Å². The molecule has 0 unspecified atom stereocenters. The van der Waals surface area contributed by atoms with Crippen molar-refractivity contribution in [1.82, 2.24) is 4.90 Å². The van der Waals surface area contributed by atoms with Crippen molar-refractivity contribution in [2.24, 2.45) is 0 Å². The highest BCUT2D eigenvalue weighted by Gasteiger charge is 2.10. The number of ether oxygens (including phenoxy) is 1. The first kappa shape index (κ1) is 14.2. The SMILES string of the molecule is Cc1ccc(CNc2ccc(CN3CCOCC3)cc2)o1. The van der Waals surface area contributed by atoms with E-state index in [2.05, 4.69) is 34.5 Å². The van der Waals surface area contributed by atoms with Gasteiger partial charge in [0.2, 0.25) is 0 Å². The Bertz CT molecular complexity index is 556. The van der Waals surface area contributed by atoms with Gasteiger partial charge in [0.05, 0.1) is 19.8 Å². The second-order valence-electron chi connectivity index (χ2n) is 5.45. The number of aryl methyl sites for hydroxylation is 1. The fraction of sp³-hybridized carbons (Fsp3) is 0.412. The largest absolute Gasteiger partial charge is 0.465 e. The van der Waals surface area contributed by atoms with E-state index in [1.54, 1.807) is 0 Å². The second-order valence-corrected chi connectivity index (χ2v) is 5.45. The van der Waals surface area contributed by atoms with Crippen LogP contribution in [0, 0.1) is 6.92 Å². The lowest BCUT2D eigenvalue weighted by molar-refractivity contribution is 0.0342. The van der Waals surface area contributed by atoms with Crippen molar-refractivity contribution in [3.05, 3.63) is 53.5 Å². The maximum absolute atomic E-state index is 5.55. The third-order valence-electron chi connectivity index (χ3n) is 3.73. The van der Waals surface area contributed by atoms with Crippen LogP contribution in [0.1, 0.15) is 17.1 Å². The van der Waals surface area contributed by atoms with Gasteiger partial charge >= 0.3 is 0 Å². The quantitative estimate of drug-likeness (QED) is 0.917. The number of hydrogen-bond donors (Lipinski definition) is 1. The van der Waals surface area contributed by atoms with Crippen molar-refractivity contribution >= 4 is 5.69 Å². The topological polar surface area (TPSA) is 37.6 Å². The van der Waals surface area contributed by atoms with E-state index < -0.39 is 0 Å². The van der Waals surface area contributed by atoms with Gasteiger partial charge < -0.3 is 14.5 Å². The van der Waals surface area contributed by atoms with Crippen LogP contribution in [0.4, 0.5) is 5.69 Å². The van der Waals surface area contributed by atoms with E-state index in [1.807, 2.05) is 19.1 Å². The summed E-state index contributed by atoms with van der Waals surface area (Å²) in [7, 11) is 0. The van der Waals surface area contributed by atoms with E-state index in [-0.39, 0.29) is 0 Å². The Labute approximate surface area is 125 Å². The number of morpholine rings is 1. The van der Waals surface area contributed by atoms with E-state index in [0.717, 1.165) is 56.6 Å². The summed E-state index contributed by atoms with van der Waals surface area (Å²) < 4.78 is 10.9. The highest BCUT2D eigenvalue weighted by molar-refractivity contribution is 5.44. The molecular weight excluding hydrogens is 264 g/mol. The number of nitrogens with one attached hydrogen (secondary N) is 1. The summed E-state index contributed by atoms with van der Waals surface area (Å²) >= 11 is 0. The van der Waals surface area contributed by atoms with Crippen molar-refractivity contribution in [2.45, 2.75) is 20.0 Å². The summed E-state index contributed by atoms with van der Waals surface area (Å²) in [6.07, 6.45) is 0. The van der Waals surface area contributed by atoms with Crippen LogP contribution in [0.15, 0.2) is 40.8 Å². The van der Waals surface area contributed by atoms with Gasteiger partial charge in [0, 0.05) is 25.3 Å². The molecule has 1 aliphatic heterocycles. The van der Waals surface area contributed by atoms with E-state index in [1.165, 1.54) is 5.56 Å². The van der Waals surface area contributed by atoms with Gasteiger partial charge in [0.25, 0.3) is 0 Å². The lowest BCUT2D eigenvalue weighted by Gasteiger charge is -2.26. The molecule has 3 rings (SSSR count). The normalized spacial score (nSPS) is 16.0. The first-order valence-corrected chi connectivity index (χ1v) is 7.48. The van der Waals surface area contributed by atoms with Gasteiger partial charge in [-0.1, -0.05) is 12.1 Å². The fourth-order valence-corrected chi connectivity index (χ4v) is 2.51. The van der Waals surface area contributed by atoms with Crippen LogP contribution in [-0.2, 0) is 17.8 Å². The minimum Gasteiger partial charge on any atom is -0.465 e. The van der Waals surface area contributed by atoms with Crippen LogP contribution in [0.2, 0.25) is 0 Å². The maximum atomic E-state index is 5.55. The van der Waals surface area contributed by atoms with Gasteiger partial charge in [0.1, 0.15) is 11.5 Å². The molecule has 0 bridgehead atoms. The van der Waals surface area contributed by atoms with Crippen molar-refractivity contribution in [1.29, 1.82) is 0 Å². The van der Waals surface area contributed by atoms with Crippen LogP contribution in [0.3, 0.4) is 0 Å². The van der Waals surface area contributed by atoms with Crippen molar-refractivity contribution in [3.63, 3.8) is 0 Å². The maximum Gasteiger partial charge on any atom is 0.123 e. The van der Waals surface area contributed by atoms with Crippen molar-refractivity contribution in [2.75, 3.05) is 31.6 Å². The lowest BCUT2D eigenvalue weighted by atomic mass is 10.2. The Morgan fingerprint density at radius 2 is 1.81 bits per heavy atom. The Balaban J connectivity index is 1.51. The molecule has 1 fully saturated rings. The molecule has 2 aromatic rings. The predicted octanol–water partition coefficient (Wildman–Crippen LogP) is 3.03. The van der Waals surface area contributed by atoms with E-state index in [0.29, 0.717) is 0 Å². The molecule has 1 saturated heterocycles. The minimum absolute atomic E-state index is 0.719. The zero-order valence-electron chi connectivity index (χ0n) is 12.5. The van der Waals surface area contributed by atoms with Gasteiger partial charge in [-0.25, -0.2) is 0 Å². The molecule has 2 heterocycles. The molecule has 4 nitrogen and oxygen atoms in total. The summed E-state index contributed by atoms with van der Waals surface area (Å²) in [4.78, 5) is 2.43. The zero-order valence-corrected chi connectivity index (χ0v) is 12.5. The number of furan rings is 1. The average Bonchev–Trinajstić information content (AvgIpc) is 2.93. The first-order valence-electron chi connectivity index (χ1n) is 7.48. The standard InChI is InChI=1S/C17H22N2O2/c1-14-2-7-17(21-14)12-18-16-5-3-15(4-6-16)13-19-8-10-20-11-9-19/h2-7,18H,8-13H2,1H3. The Kier molecular flexibility index (Phi) is 4.58. The van der Waals surface area contributed by atoms with Gasteiger partial charge in [-0.15, -0.1) is 0 Å². The smallest absolute Gasteiger partial charge is 0.123 e. The van der Waals surface area contributed by atoms with Crippen molar-refractivity contribution in [3.8, 4) is 0 Å². The molecule has 0 saturated carbocycles. The Morgan fingerprint density at radius 1 is 1.05 bits per heavy atom. The zero-order chi connectivity index (χ0) is 14.5. The monoisotopic (exact) mass is 286 g/mol. The van der Waals surface area contributed by atoms with E-state index in [9.17, 15) is 0 Å². The molecule has 1 aliphatic rings. The Hall–Kier alpha value is -1.78. The Morgan fingerprint density at radius 3 is 2.48 bits per heavy atom. The van der Waals surface area contributed by atoms with E-state index in [4.69, 9.17) is 9.15 Å². The number of hydrogen-bond acceptors (Lipinski definition) is 4. The third-order valence-corrected chi connectivity index (χ3v) is 3.73. The molecule has 1 aromatic carbocycles. The predicted molar refractivity (Wildman–Crippen MR) is 83.3 cm³/mol. The summed E-state index contributed by atoms with van der Waals surface area (Å²) in [5.41, 5.74) is 2.46. The second kappa shape index (κ2) is 6.78. The van der Waals surface area contributed by atoms with Gasteiger partial charge in [-0.3, -0.25) is 4.90 Å². The molecule has 0 radical (unpaired) electrons. The van der Waals surface area contributed by atoms with Gasteiger partial charge in [0.15, 0.2) is 0 Å². The minimum atomic E-state index is 0.719. The van der Waals surface area contributed by atoms with Crippen LogP contribution >= 0.6 is 0 Å². The molecule has 21 heavy (non-hydrogen) atoms. The number of benzene rings is 1. The lowest BCUT2D eigenvalue weighted by Crippen LogP contribution is -2.35. The average molecular weight is 286 g/mol. The highest BCUT2D eigenvalue weighted by atomic mass is 16.5. The molecular formula is C17H22N2O2. The van der Waals surface area contributed by atoms with Crippen LogP contribution in [0.5, 0.6) is 0 Å². The fourth-order valence-electron chi connectivity index (χ4n) is 2.51. The molecule has 1 N–H and O–H groups in total. The number of rotatable bonds is 5. The molecule has 0 aliphatic carbocycles.